The molecule has 27 heavy (non-hydrogen) atoms. The van der Waals surface area contributed by atoms with Gasteiger partial charge in [-0.2, -0.15) is 0 Å². The first-order chi connectivity index (χ1) is 12.8. The fourth-order valence-electron chi connectivity index (χ4n) is 3.32. The summed E-state index contributed by atoms with van der Waals surface area (Å²) in [5.41, 5.74) is 4.13. The lowest BCUT2D eigenvalue weighted by atomic mass is 9.94. The SMILES string of the molecule is COc1c(C)c2c(c(OC)c1CC=C(C)CCC(=O)NC(C)C)C(=O)OC2. The second-order valence-electron chi connectivity index (χ2n) is 7.08. The minimum atomic E-state index is -0.361. The summed E-state index contributed by atoms with van der Waals surface area (Å²) >= 11 is 0. The Kier molecular flexibility index (Phi) is 6.88. The number of carbonyl (C=O) groups is 2. The number of carbonyl (C=O) groups excluding carboxylic acids is 2. The lowest BCUT2D eigenvalue weighted by Crippen LogP contribution is -2.29. The quantitative estimate of drug-likeness (QED) is 0.556. The Morgan fingerprint density at radius 2 is 1.89 bits per heavy atom. The van der Waals surface area contributed by atoms with Crippen molar-refractivity contribution in [2.45, 2.75) is 59.6 Å². The van der Waals surface area contributed by atoms with Crippen molar-refractivity contribution < 1.29 is 23.8 Å². The molecule has 6 nitrogen and oxygen atoms in total. The molecule has 0 aromatic heterocycles. The molecule has 0 saturated heterocycles. The predicted octanol–water partition coefficient (Wildman–Crippen LogP) is 3.48. The highest BCUT2D eigenvalue weighted by molar-refractivity contribution is 5.98. The molecule has 0 atom stereocenters. The van der Waals surface area contributed by atoms with Crippen LogP contribution >= 0.6 is 0 Å². The molecule has 1 heterocycles. The first-order valence-corrected chi connectivity index (χ1v) is 9.18. The van der Waals surface area contributed by atoms with Crippen LogP contribution in [-0.2, 0) is 22.6 Å². The molecule has 1 aromatic rings. The number of hydrogen-bond donors (Lipinski definition) is 1. The van der Waals surface area contributed by atoms with Crippen LogP contribution in [0.3, 0.4) is 0 Å². The second-order valence-corrected chi connectivity index (χ2v) is 7.08. The van der Waals surface area contributed by atoms with Crippen molar-refractivity contribution in [2.24, 2.45) is 0 Å². The maximum atomic E-state index is 12.2. The molecule has 1 aliphatic rings. The fourth-order valence-corrected chi connectivity index (χ4v) is 3.32. The highest BCUT2D eigenvalue weighted by Crippen LogP contribution is 2.42. The second kappa shape index (κ2) is 8.93. The maximum Gasteiger partial charge on any atom is 0.342 e. The number of amides is 1. The Hall–Kier alpha value is -2.50. The third kappa shape index (κ3) is 4.62. The molecule has 0 aliphatic carbocycles. The monoisotopic (exact) mass is 375 g/mol. The van der Waals surface area contributed by atoms with Crippen molar-refractivity contribution in [3.8, 4) is 11.5 Å². The summed E-state index contributed by atoms with van der Waals surface area (Å²) < 4.78 is 16.4. The van der Waals surface area contributed by atoms with Gasteiger partial charge in [-0.3, -0.25) is 4.79 Å². The Morgan fingerprint density at radius 1 is 1.22 bits per heavy atom. The first-order valence-electron chi connectivity index (χ1n) is 9.18. The van der Waals surface area contributed by atoms with Crippen molar-refractivity contribution >= 4 is 11.9 Å². The summed E-state index contributed by atoms with van der Waals surface area (Å²) in [6, 6.07) is 0.143. The maximum absolute atomic E-state index is 12.2. The Labute approximate surface area is 160 Å². The molecule has 0 fully saturated rings. The van der Waals surface area contributed by atoms with E-state index in [9.17, 15) is 9.59 Å². The van der Waals surface area contributed by atoms with Gasteiger partial charge < -0.3 is 19.5 Å². The van der Waals surface area contributed by atoms with Gasteiger partial charge in [0.25, 0.3) is 0 Å². The van der Waals surface area contributed by atoms with E-state index < -0.39 is 0 Å². The van der Waals surface area contributed by atoms with Gasteiger partial charge in [0.05, 0.1) is 14.2 Å². The van der Waals surface area contributed by atoms with E-state index in [2.05, 4.69) is 11.4 Å². The zero-order valence-corrected chi connectivity index (χ0v) is 17.0. The number of cyclic esters (lactones) is 1. The van der Waals surface area contributed by atoms with Crippen LogP contribution in [-0.4, -0.2) is 32.1 Å². The predicted molar refractivity (Wildman–Crippen MR) is 103 cm³/mol. The number of benzene rings is 1. The number of ether oxygens (including phenoxy) is 3. The van der Waals surface area contributed by atoms with E-state index in [1.54, 1.807) is 14.2 Å². The van der Waals surface area contributed by atoms with Crippen LogP contribution in [0.5, 0.6) is 11.5 Å². The average Bonchev–Trinajstić information content (AvgIpc) is 3.00. The summed E-state index contributed by atoms with van der Waals surface area (Å²) in [6.45, 7) is 8.05. The largest absolute Gasteiger partial charge is 0.496 e. The lowest BCUT2D eigenvalue weighted by Gasteiger charge is -2.18. The van der Waals surface area contributed by atoms with Crippen molar-refractivity contribution in [1.29, 1.82) is 0 Å². The molecule has 1 amide bonds. The molecule has 1 N–H and O–H groups in total. The van der Waals surface area contributed by atoms with Gasteiger partial charge in [-0.1, -0.05) is 11.6 Å². The molecule has 2 rings (SSSR count). The molecule has 1 aromatic carbocycles. The zero-order chi connectivity index (χ0) is 20.1. The van der Waals surface area contributed by atoms with Crippen molar-refractivity contribution in [1.82, 2.24) is 5.32 Å². The van der Waals surface area contributed by atoms with Crippen molar-refractivity contribution in [2.75, 3.05) is 14.2 Å². The summed E-state index contributed by atoms with van der Waals surface area (Å²) in [5, 5.41) is 2.89. The van der Waals surface area contributed by atoms with Gasteiger partial charge in [-0.25, -0.2) is 4.79 Å². The van der Waals surface area contributed by atoms with E-state index in [0.717, 1.165) is 22.3 Å². The lowest BCUT2D eigenvalue weighted by molar-refractivity contribution is -0.121. The van der Waals surface area contributed by atoms with Crippen LogP contribution in [0.15, 0.2) is 11.6 Å². The van der Waals surface area contributed by atoms with Gasteiger partial charge in [0.2, 0.25) is 5.91 Å². The Bertz CT molecular complexity index is 765. The topological polar surface area (TPSA) is 73.9 Å². The molecule has 0 spiro atoms. The van der Waals surface area contributed by atoms with E-state index in [0.29, 0.717) is 36.3 Å². The number of rotatable bonds is 8. The zero-order valence-electron chi connectivity index (χ0n) is 17.0. The Balaban J connectivity index is 2.25. The first kappa shape index (κ1) is 20.8. The van der Waals surface area contributed by atoms with E-state index in [1.807, 2.05) is 27.7 Å². The summed E-state index contributed by atoms with van der Waals surface area (Å²) in [4.78, 5) is 24.0. The molecule has 0 unspecified atom stereocenters. The molecule has 0 bridgehead atoms. The van der Waals surface area contributed by atoms with Crippen LogP contribution in [0.1, 0.15) is 60.7 Å². The van der Waals surface area contributed by atoms with Crippen LogP contribution < -0.4 is 14.8 Å². The van der Waals surface area contributed by atoms with Crippen LogP contribution in [0, 0.1) is 6.92 Å². The molecular formula is C21H29NO5. The molecule has 148 valence electrons. The van der Waals surface area contributed by atoms with Gasteiger partial charge in [0, 0.05) is 23.6 Å². The van der Waals surface area contributed by atoms with Gasteiger partial charge in [-0.05, 0) is 46.1 Å². The molecule has 0 radical (unpaired) electrons. The van der Waals surface area contributed by atoms with Crippen LogP contribution in [0.4, 0.5) is 0 Å². The Morgan fingerprint density at radius 3 is 2.48 bits per heavy atom. The van der Waals surface area contributed by atoms with Crippen LogP contribution in [0.25, 0.3) is 0 Å². The van der Waals surface area contributed by atoms with Gasteiger partial charge >= 0.3 is 5.97 Å². The summed E-state index contributed by atoms with van der Waals surface area (Å²) in [6.07, 6.45) is 3.72. The molecular weight excluding hydrogens is 346 g/mol. The van der Waals surface area contributed by atoms with Crippen molar-refractivity contribution in [3.63, 3.8) is 0 Å². The third-order valence-electron chi connectivity index (χ3n) is 4.68. The highest BCUT2D eigenvalue weighted by Gasteiger charge is 2.32. The summed E-state index contributed by atoms with van der Waals surface area (Å²) in [7, 11) is 3.16. The average molecular weight is 375 g/mol. The van der Waals surface area contributed by atoms with Gasteiger partial charge in [0.15, 0.2) is 0 Å². The van der Waals surface area contributed by atoms with E-state index in [4.69, 9.17) is 14.2 Å². The number of esters is 1. The highest BCUT2D eigenvalue weighted by atomic mass is 16.5. The molecule has 0 saturated carbocycles. The summed E-state index contributed by atoms with van der Waals surface area (Å²) in [5.74, 6) is 0.908. The standard InChI is InChI=1S/C21H29NO5/c1-12(2)22-17(23)10-8-13(3)7-9-15-19(25-5)14(4)16-11-27-21(24)18(16)20(15)26-6/h7,12H,8-11H2,1-6H3,(H,22,23). The fraction of sp³-hybridized carbons (Fsp3) is 0.524. The van der Waals surface area contributed by atoms with E-state index in [-0.39, 0.29) is 24.5 Å². The minimum Gasteiger partial charge on any atom is -0.496 e. The minimum absolute atomic E-state index is 0.0454. The number of fused-ring (bicyclic) bond motifs is 1. The number of methoxy groups -OCH3 is 2. The van der Waals surface area contributed by atoms with E-state index >= 15 is 0 Å². The molecule has 6 heteroatoms. The smallest absolute Gasteiger partial charge is 0.342 e. The number of allylic oxidation sites excluding steroid dienone is 2. The number of hydrogen-bond acceptors (Lipinski definition) is 5. The molecule has 1 aliphatic heterocycles. The normalized spacial score (nSPS) is 13.4. The van der Waals surface area contributed by atoms with Crippen LogP contribution in [0.2, 0.25) is 0 Å². The third-order valence-corrected chi connectivity index (χ3v) is 4.68. The number of nitrogens with one attached hydrogen (secondary N) is 1. The van der Waals surface area contributed by atoms with Gasteiger partial charge in [0.1, 0.15) is 23.7 Å². The van der Waals surface area contributed by atoms with Gasteiger partial charge in [-0.15, -0.1) is 0 Å². The van der Waals surface area contributed by atoms with Crippen molar-refractivity contribution in [3.05, 3.63) is 33.9 Å². The van der Waals surface area contributed by atoms with E-state index in [1.165, 1.54) is 0 Å².